The minimum atomic E-state index is -0.356. The highest BCUT2D eigenvalue weighted by Gasteiger charge is 2.14. The molecule has 0 unspecified atom stereocenters. The van der Waals surface area contributed by atoms with Crippen LogP contribution >= 0.6 is 22.9 Å². The van der Waals surface area contributed by atoms with E-state index in [1.807, 2.05) is 35.7 Å². The predicted octanol–water partition coefficient (Wildman–Crippen LogP) is 5.53. The minimum Gasteiger partial charge on any atom is -0.305 e. The summed E-state index contributed by atoms with van der Waals surface area (Å²) >= 11 is 7.69. The van der Waals surface area contributed by atoms with Gasteiger partial charge in [-0.15, -0.1) is 11.3 Å². The molecule has 2 aromatic carbocycles. The second-order valence-electron chi connectivity index (χ2n) is 5.66. The van der Waals surface area contributed by atoms with E-state index >= 15 is 0 Å². The fourth-order valence-corrected chi connectivity index (χ4v) is 3.87. The molecule has 0 aliphatic heterocycles. The lowest BCUT2D eigenvalue weighted by molar-refractivity contribution is 0.627. The quantitative estimate of drug-likeness (QED) is 0.506. The fourth-order valence-electron chi connectivity index (χ4n) is 2.70. The third-order valence-electron chi connectivity index (χ3n) is 3.90. The molecule has 26 heavy (non-hydrogen) atoms. The van der Waals surface area contributed by atoms with Crippen molar-refractivity contribution in [2.75, 3.05) is 0 Å². The molecule has 0 amide bonds. The Bertz CT molecular complexity index is 1180. The molecule has 1 N–H and O–H groups in total. The zero-order valence-electron chi connectivity index (χ0n) is 13.4. The zero-order chi connectivity index (χ0) is 18.1. The van der Waals surface area contributed by atoms with Crippen LogP contribution < -0.4 is 5.56 Å². The number of benzene rings is 2. The summed E-state index contributed by atoms with van der Waals surface area (Å²) in [6.07, 6.45) is 1.57. The van der Waals surface area contributed by atoms with E-state index in [0.29, 0.717) is 15.8 Å². The van der Waals surface area contributed by atoms with Gasteiger partial charge >= 0.3 is 0 Å². The van der Waals surface area contributed by atoms with Gasteiger partial charge in [0, 0.05) is 10.9 Å². The Morgan fingerprint density at radius 3 is 2.73 bits per heavy atom. The van der Waals surface area contributed by atoms with E-state index in [4.69, 9.17) is 11.6 Å². The number of halogens is 2. The van der Waals surface area contributed by atoms with Crippen LogP contribution in [0.1, 0.15) is 11.4 Å². The molecule has 0 radical (unpaired) electrons. The van der Waals surface area contributed by atoms with Gasteiger partial charge in [0.1, 0.15) is 10.6 Å². The monoisotopic (exact) mass is 382 g/mol. The van der Waals surface area contributed by atoms with Crippen molar-refractivity contribution in [1.29, 1.82) is 0 Å². The first-order valence-corrected chi connectivity index (χ1v) is 9.07. The van der Waals surface area contributed by atoms with Crippen molar-refractivity contribution < 1.29 is 4.39 Å². The zero-order valence-corrected chi connectivity index (χ0v) is 14.9. The first kappa shape index (κ1) is 16.7. The summed E-state index contributed by atoms with van der Waals surface area (Å²) in [7, 11) is 0. The Hall–Kier alpha value is -2.76. The molecular formula is C20H12ClFN2OS. The van der Waals surface area contributed by atoms with Crippen LogP contribution in [0.15, 0.2) is 64.8 Å². The van der Waals surface area contributed by atoms with E-state index < -0.39 is 0 Å². The molecule has 3 nitrogen and oxygen atoms in total. The van der Waals surface area contributed by atoms with Gasteiger partial charge in [-0.1, -0.05) is 54.1 Å². The molecule has 0 spiro atoms. The minimum absolute atomic E-state index is 0.240. The van der Waals surface area contributed by atoms with E-state index in [9.17, 15) is 9.18 Å². The van der Waals surface area contributed by atoms with Gasteiger partial charge in [0.2, 0.25) is 0 Å². The molecule has 0 aliphatic carbocycles. The van der Waals surface area contributed by atoms with Crippen LogP contribution in [0.4, 0.5) is 4.39 Å². The molecule has 0 saturated carbocycles. The Balaban J connectivity index is 1.80. The van der Waals surface area contributed by atoms with Gasteiger partial charge in [0.15, 0.2) is 5.82 Å². The van der Waals surface area contributed by atoms with Gasteiger partial charge in [-0.2, -0.15) is 0 Å². The summed E-state index contributed by atoms with van der Waals surface area (Å²) in [5.74, 6) is -0.0965. The van der Waals surface area contributed by atoms with Gasteiger partial charge in [0.05, 0.1) is 10.4 Å². The highest BCUT2D eigenvalue weighted by Crippen LogP contribution is 2.31. The van der Waals surface area contributed by atoms with Crippen molar-refractivity contribution in [3.05, 3.63) is 87.5 Å². The number of H-pyrrole nitrogens is 1. The number of nitrogens with zero attached hydrogens (tertiary/aromatic N) is 1. The Kier molecular flexibility index (Phi) is 4.41. The lowest BCUT2D eigenvalue weighted by Crippen LogP contribution is -2.10. The van der Waals surface area contributed by atoms with E-state index in [1.165, 1.54) is 23.5 Å². The molecule has 4 aromatic rings. The number of hydrogen-bond donors (Lipinski definition) is 1. The maximum atomic E-state index is 13.3. The van der Waals surface area contributed by atoms with Crippen LogP contribution in [-0.2, 0) is 0 Å². The lowest BCUT2D eigenvalue weighted by atomic mass is 10.1. The third kappa shape index (κ3) is 3.19. The highest BCUT2D eigenvalue weighted by atomic mass is 35.5. The van der Waals surface area contributed by atoms with Crippen molar-refractivity contribution >= 4 is 44.3 Å². The number of thiophene rings is 1. The predicted molar refractivity (Wildman–Crippen MR) is 106 cm³/mol. The molecule has 128 valence electrons. The first-order chi connectivity index (χ1) is 12.6. The van der Waals surface area contributed by atoms with Crippen molar-refractivity contribution in [3.63, 3.8) is 0 Å². The number of nitrogens with one attached hydrogen (secondary N) is 1. The molecule has 0 aliphatic rings. The van der Waals surface area contributed by atoms with Gasteiger partial charge in [-0.25, -0.2) is 9.37 Å². The van der Waals surface area contributed by atoms with Gasteiger partial charge in [-0.05, 0) is 29.3 Å². The molecule has 0 bridgehead atoms. The van der Waals surface area contributed by atoms with Crippen LogP contribution in [0.25, 0.3) is 32.5 Å². The summed E-state index contributed by atoms with van der Waals surface area (Å²) in [6, 6.07) is 15.7. The van der Waals surface area contributed by atoms with Crippen LogP contribution in [0.2, 0.25) is 0 Å². The van der Waals surface area contributed by atoms with Crippen LogP contribution in [-0.4, -0.2) is 9.97 Å². The van der Waals surface area contributed by atoms with Gasteiger partial charge in [-0.3, -0.25) is 4.79 Å². The van der Waals surface area contributed by atoms with Crippen LogP contribution in [0.5, 0.6) is 0 Å². The summed E-state index contributed by atoms with van der Waals surface area (Å²) < 4.78 is 13.3. The van der Waals surface area contributed by atoms with Crippen molar-refractivity contribution in [2.24, 2.45) is 0 Å². The maximum Gasteiger partial charge on any atom is 0.260 e. The fraction of sp³-hybridized carbons (Fsp3) is 0. The summed E-state index contributed by atoms with van der Waals surface area (Å²) in [5, 5.41) is 2.69. The first-order valence-electron chi connectivity index (χ1n) is 7.82. The molecule has 0 fully saturated rings. The van der Waals surface area contributed by atoms with Crippen LogP contribution in [0, 0.1) is 5.82 Å². The molecule has 0 atom stereocenters. The van der Waals surface area contributed by atoms with Crippen molar-refractivity contribution in [3.8, 4) is 11.1 Å². The molecule has 0 saturated heterocycles. The van der Waals surface area contributed by atoms with E-state index in [-0.39, 0.29) is 22.2 Å². The maximum absolute atomic E-state index is 13.3. The van der Waals surface area contributed by atoms with E-state index in [0.717, 1.165) is 11.1 Å². The molecule has 6 heteroatoms. The number of aromatic nitrogens is 2. The molecule has 2 heterocycles. The number of rotatable bonds is 3. The van der Waals surface area contributed by atoms with E-state index in [2.05, 4.69) is 9.97 Å². The lowest BCUT2D eigenvalue weighted by Gasteiger charge is -2.02. The standard InChI is InChI=1S/C20H12ClFN2OS/c21-16(10-12-5-4-8-14(22)9-12)18-23-19(25)17-15(11-26-20(17)24-18)13-6-2-1-3-7-13/h1-11H,(H,23,24,25)/b16-10-. The Morgan fingerprint density at radius 1 is 1.15 bits per heavy atom. The highest BCUT2D eigenvalue weighted by molar-refractivity contribution is 7.17. The largest absolute Gasteiger partial charge is 0.305 e. The summed E-state index contributed by atoms with van der Waals surface area (Å²) in [5.41, 5.74) is 2.14. The van der Waals surface area contributed by atoms with Gasteiger partial charge < -0.3 is 4.98 Å². The SMILES string of the molecule is O=c1[nH]c(/C(Cl)=C/c2cccc(F)c2)nc2scc(-c3ccccc3)c12. The van der Waals surface area contributed by atoms with Crippen molar-refractivity contribution in [2.45, 2.75) is 0 Å². The molecule has 2 aromatic heterocycles. The summed E-state index contributed by atoms with van der Waals surface area (Å²) in [4.78, 5) is 20.4. The number of aromatic amines is 1. The van der Waals surface area contributed by atoms with Gasteiger partial charge in [0.25, 0.3) is 5.56 Å². The average molecular weight is 383 g/mol. The Labute approximate surface area is 157 Å². The molecular weight excluding hydrogens is 371 g/mol. The Morgan fingerprint density at radius 2 is 1.96 bits per heavy atom. The normalized spacial score (nSPS) is 11.8. The average Bonchev–Trinajstić information content (AvgIpc) is 3.07. The number of hydrogen-bond acceptors (Lipinski definition) is 3. The topological polar surface area (TPSA) is 45.8 Å². The smallest absolute Gasteiger partial charge is 0.260 e. The summed E-state index contributed by atoms with van der Waals surface area (Å²) in [6.45, 7) is 0. The molecule has 4 rings (SSSR count). The van der Waals surface area contributed by atoms with Crippen molar-refractivity contribution in [1.82, 2.24) is 9.97 Å². The number of fused-ring (bicyclic) bond motifs is 1. The second-order valence-corrected chi connectivity index (χ2v) is 6.92. The van der Waals surface area contributed by atoms with Crippen LogP contribution in [0.3, 0.4) is 0 Å². The second kappa shape index (κ2) is 6.86. The van der Waals surface area contributed by atoms with E-state index in [1.54, 1.807) is 18.2 Å². The third-order valence-corrected chi connectivity index (χ3v) is 5.06.